The van der Waals surface area contributed by atoms with E-state index in [1.165, 1.54) is 6.07 Å². The molecule has 0 spiro atoms. The third-order valence-corrected chi connectivity index (χ3v) is 2.65. The molecule has 5 heteroatoms. The summed E-state index contributed by atoms with van der Waals surface area (Å²) in [5.74, 6) is -0.642. The largest absolute Gasteiger partial charge is 0.409 e. The first-order chi connectivity index (χ1) is 8.74. The lowest BCUT2D eigenvalue weighted by Crippen LogP contribution is -2.29. The van der Waals surface area contributed by atoms with Crippen LogP contribution in [0, 0.1) is 11.2 Å². The second kappa shape index (κ2) is 6.02. The Hall–Kier alpha value is -1.62. The Bertz CT molecular complexity index is 466. The smallest absolute Gasteiger partial charge is 0.173 e. The SMILES string of the molecule is CN(Cc1cccc(/C(N)=N/O)c1F)CC(C)(C)C. The topological polar surface area (TPSA) is 61.8 Å². The monoisotopic (exact) mass is 267 g/mol. The molecule has 4 nitrogen and oxygen atoms in total. The van der Waals surface area contributed by atoms with Crippen LogP contribution in [0.25, 0.3) is 0 Å². The van der Waals surface area contributed by atoms with E-state index < -0.39 is 5.82 Å². The fourth-order valence-electron chi connectivity index (χ4n) is 2.11. The average Bonchev–Trinajstić information content (AvgIpc) is 2.28. The van der Waals surface area contributed by atoms with Crippen LogP contribution < -0.4 is 5.73 Å². The highest BCUT2D eigenvalue weighted by atomic mass is 19.1. The quantitative estimate of drug-likeness (QED) is 0.381. The molecule has 106 valence electrons. The Kier molecular flexibility index (Phi) is 4.89. The number of amidine groups is 1. The maximum Gasteiger partial charge on any atom is 0.173 e. The van der Waals surface area contributed by atoms with Crippen LogP contribution in [-0.4, -0.2) is 29.5 Å². The molecule has 0 saturated heterocycles. The molecule has 0 aromatic heterocycles. The van der Waals surface area contributed by atoms with Crippen LogP contribution >= 0.6 is 0 Å². The molecule has 0 unspecified atom stereocenters. The van der Waals surface area contributed by atoms with E-state index >= 15 is 0 Å². The van der Waals surface area contributed by atoms with Gasteiger partial charge in [0.1, 0.15) is 5.82 Å². The minimum Gasteiger partial charge on any atom is -0.409 e. The van der Waals surface area contributed by atoms with Gasteiger partial charge in [-0.05, 0) is 18.5 Å². The Balaban J connectivity index is 2.91. The number of benzene rings is 1. The fraction of sp³-hybridized carbons (Fsp3) is 0.500. The van der Waals surface area contributed by atoms with Crippen molar-refractivity contribution in [2.45, 2.75) is 27.3 Å². The molecular weight excluding hydrogens is 245 g/mol. The van der Waals surface area contributed by atoms with Crippen molar-refractivity contribution in [2.24, 2.45) is 16.3 Å². The van der Waals surface area contributed by atoms with E-state index in [-0.39, 0.29) is 16.8 Å². The van der Waals surface area contributed by atoms with Crippen LogP contribution in [0.5, 0.6) is 0 Å². The fourth-order valence-corrected chi connectivity index (χ4v) is 2.11. The number of halogens is 1. The molecule has 0 aliphatic rings. The molecule has 0 atom stereocenters. The van der Waals surface area contributed by atoms with Gasteiger partial charge in [0.15, 0.2) is 5.84 Å². The zero-order chi connectivity index (χ0) is 14.6. The van der Waals surface area contributed by atoms with Gasteiger partial charge in [-0.3, -0.25) is 0 Å². The molecule has 0 heterocycles. The maximum absolute atomic E-state index is 14.2. The van der Waals surface area contributed by atoms with Gasteiger partial charge in [-0.2, -0.15) is 0 Å². The number of nitrogens with two attached hydrogens (primary N) is 1. The summed E-state index contributed by atoms with van der Waals surface area (Å²) in [4.78, 5) is 2.05. The highest BCUT2D eigenvalue weighted by Crippen LogP contribution is 2.18. The number of oxime groups is 1. The van der Waals surface area contributed by atoms with E-state index in [9.17, 15) is 4.39 Å². The van der Waals surface area contributed by atoms with Gasteiger partial charge in [-0.15, -0.1) is 0 Å². The average molecular weight is 267 g/mol. The first kappa shape index (κ1) is 15.4. The van der Waals surface area contributed by atoms with Gasteiger partial charge in [0.2, 0.25) is 0 Å². The van der Waals surface area contributed by atoms with Crippen molar-refractivity contribution in [2.75, 3.05) is 13.6 Å². The van der Waals surface area contributed by atoms with Crippen LogP contribution in [0.2, 0.25) is 0 Å². The van der Waals surface area contributed by atoms with Gasteiger partial charge < -0.3 is 15.8 Å². The zero-order valence-electron chi connectivity index (χ0n) is 11.9. The van der Waals surface area contributed by atoms with E-state index in [4.69, 9.17) is 10.9 Å². The highest BCUT2D eigenvalue weighted by molar-refractivity contribution is 5.97. The van der Waals surface area contributed by atoms with Gasteiger partial charge in [0.05, 0.1) is 5.56 Å². The molecule has 0 saturated carbocycles. The summed E-state index contributed by atoms with van der Waals surface area (Å²) in [6, 6.07) is 4.91. The Labute approximate surface area is 113 Å². The predicted molar refractivity (Wildman–Crippen MR) is 74.7 cm³/mol. The third-order valence-electron chi connectivity index (χ3n) is 2.65. The molecule has 0 aliphatic heterocycles. The number of hydrogen-bond donors (Lipinski definition) is 2. The van der Waals surface area contributed by atoms with Gasteiger partial charge in [-0.25, -0.2) is 4.39 Å². The van der Waals surface area contributed by atoms with E-state index in [1.807, 2.05) is 7.05 Å². The summed E-state index contributed by atoms with van der Waals surface area (Å²) < 4.78 is 14.2. The number of nitrogens with zero attached hydrogens (tertiary/aromatic N) is 2. The summed E-state index contributed by atoms with van der Waals surface area (Å²) in [7, 11) is 1.95. The van der Waals surface area contributed by atoms with Crippen molar-refractivity contribution in [1.29, 1.82) is 0 Å². The van der Waals surface area contributed by atoms with Gasteiger partial charge in [-0.1, -0.05) is 38.1 Å². The van der Waals surface area contributed by atoms with Crippen molar-refractivity contribution in [3.8, 4) is 0 Å². The second-order valence-corrected chi connectivity index (χ2v) is 6.00. The molecule has 1 aromatic carbocycles. The van der Waals surface area contributed by atoms with Crippen LogP contribution in [0.15, 0.2) is 23.4 Å². The summed E-state index contributed by atoms with van der Waals surface area (Å²) in [6.07, 6.45) is 0. The molecule has 1 aromatic rings. The van der Waals surface area contributed by atoms with Gasteiger partial charge in [0.25, 0.3) is 0 Å². The van der Waals surface area contributed by atoms with Crippen LogP contribution in [0.1, 0.15) is 31.9 Å². The zero-order valence-corrected chi connectivity index (χ0v) is 11.9. The molecule has 1 rings (SSSR count). The lowest BCUT2D eigenvalue weighted by atomic mass is 9.96. The second-order valence-electron chi connectivity index (χ2n) is 6.00. The molecular formula is C14H22FN3O. The van der Waals surface area contributed by atoms with E-state index in [2.05, 4.69) is 30.8 Å². The molecule has 3 N–H and O–H groups in total. The maximum atomic E-state index is 14.2. The molecule has 19 heavy (non-hydrogen) atoms. The lowest BCUT2D eigenvalue weighted by Gasteiger charge is -2.26. The normalized spacial score (nSPS) is 13.1. The molecule has 0 radical (unpaired) electrons. The molecule has 0 amide bonds. The minimum absolute atomic E-state index is 0.129. The predicted octanol–water partition coefficient (Wildman–Crippen LogP) is 2.40. The Morgan fingerprint density at radius 1 is 1.42 bits per heavy atom. The number of hydrogen-bond acceptors (Lipinski definition) is 3. The first-order valence-electron chi connectivity index (χ1n) is 6.18. The highest BCUT2D eigenvalue weighted by Gasteiger charge is 2.16. The van der Waals surface area contributed by atoms with E-state index in [0.29, 0.717) is 12.1 Å². The van der Waals surface area contributed by atoms with E-state index in [0.717, 1.165) is 6.54 Å². The Morgan fingerprint density at radius 2 is 2.05 bits per heavy atom. The summed E-state index contributed by atoms with van der Waals surface area (Å²) in [5, 5.41) is 11.5. The number of rotatable bonds is 4. The van der Waals surface area contributed by atoms with E-state index in [1.54, 1.807) is 12.1 Å². The van der Waals surface area contributed by atoms with Crippen LogP contribution in [0.4, 0.5) is 4.39 Å². The van der Waals surface area contributed by atoms with Crippen LogP contribution in [-0.2, 0) is 6.54 Å². The van der Waals surface area contributed by atoms with Crippen molar-refractivity contribution in [1.82, 2.24) is 4.90 Å². The molecule has 0 bridgehead atoms. The summed E-state index contributed by atoms with van der Waals surface area (Å²) in [5.41, 5.74) is 6.26. The minimum atomic E-state index is -0.432. The first-order valence-corrected chi connectivity index (χ1v) is 6.18. The van der Waals surface area contributed by atoms with Crippen molar-refractivity contribution >= 4 is 5.84 Å². The Morgan fingerprint density at radius 3 is 2.58 bits per heavy atom. The summed E-state index contributed by atoms with van der Waals surface area (Å²) >= 11 is 0. The molecule has 0 aliphatic carbocycles. The third kappa shape index (κ3) is 4.52. The summed E-state index contributed by atoms with van der Waals surface area (Å²) in [6.45, 7) is 7.72. The lowest BCUT2D eigenvalue weighted by molar-refractivity contribution is 0.218. The van der Waals surface area contributed by atoms with Crippen molar-refractivity contribution < 1.29 is 9.60 Å². The van der Waals surface area contributed by atoms with Crippen LogP contribution in [0.3, 0.4) is 0 Å². The van der Waals surface area contributed by atoms with Crippen molar-refractivity contribution in [3.63, 3.8) is 0 Å². The van der Waals surface area contributed by atoms with Gasteiger partial charge in [0, 0.05) is 18.7 Å². The molecule has 0 fully saturated rings. The van der Waals surface area contributed by atoms with Gasteiger partial charge >= 0.3 is 0 Å². The van der Waals surface area contributed by atoms with Crippen molar-refractivity contribution in [3.05, 3.63) is 35.1 Å². The standard InChI is InChI=1S/C14H22FN3O/c1-14(2,3)9-18(4)8-10-6-5-7-11(12(10)15)13(16)17-19/h5-7,19H,8-9H2,1-4H3,(H2,16,17).